The first-order valence-corrected chi connectivity index (χ1v) is 3.09. The fourth-order valence-corrected chi connectivity index (χ4v) is 0.478. The van der Waals surface area contributed by atoms with Crippen LogP contribution >= 0.6 is 0 Å². The number of hydrogen-bond donors (Lipinski definition) is 2. The van der Waals surface area contributed by atoms with E-state index in [4.69, 9.17) is 5.73 Å². The Morgan fingerprint density at radius 1 is 1.89 bits per heavy atom. The molecule has 0 spiro atoms. The van der Waals surface area contributed by atoms with E-state index >= 15 is 0 Å². The first kappa shape index (κ1) is 8.66. The van der Waals surface area contributed by atoms with E-state index in [1.165, 1.54) is 0 Å². The Hall–Kier alpha value is -0.340. The van der Waals surface area contributed by atoms with Gasteiger partial charge in [-0.25, -0.2) is 0 Å². The van der Waals surface area contributed by atoms with Gasteiger partial charge in [0.2, 0.25) is 0 Å². The summed E-state index contributed by atoms with van der Waals surface area (Å²) < 4.78 is 0. The fraction of sp³-hybridized carbons (Fsp3) is 0.714. The zero-order chi connectivity index (χ0) is 7.49. The van der Waals surface area contributed by atoms with Crippen LogP contribution in [0.4, 0.5) is 0 Å². The average molecular weight is 129 g/mol. The Bertz CT molecular complexity index is 97.1. The molecule has 0 rings (SSSR count). The molecule has 0 aliphatic rings. The number of rotatable bonds is 3. The van der Waals surface area contributed by atoms with E-state index in [1.807, 2.05) is 0 Å². The molecule has 2 atom stereocenters. The molecule has 0 bridgehead atoms. The van der Waals surface area contributed by atoms with Crippen LogP contribution in [0.5, 0.6) is 0 Å². The van der Waals surface area contributed by atoms with Gasteiger partial charge in [0, 0.05) is 6.04 Å². The van der Waals surface area contributed by atoms with Crippen LogP contribution in [0.25, 0.3) is 0 Å². The number of nitrogens with two attached hydrogens (primary N) is 1. The van der Waals surface area contributed by atoms with Crippen LogP contribution in [-0.4, -0.2) is 16.7 Å². The topological polar surface area (TPSA) is 46.2 Å². The molecule has 2 nitrogen and oxygen atoms in total. The lowest BCUT2D eigenvalue weighted by atomic mass is 9.95. The highest BCUT2D eigenvalue weighted by molar-refractivity contribution is 4.88. The summed E-state index contributed by atoms with van der Waals surface area (Å²) in [5, 5.41) is 9.40. The van der Waals surface area contributed by atoms with E-state index in [0.717, 1.165) is 0 Å². The summed E-state index contributed by atoms with van der Waals surface area (Å²) >= 11 is 0. The summed E-state index contributed by atoms with van der Waals surface area (Å²) in [6.45, 7) is 7.00. The highest BCUT2D eigenvalue weighted by atomic mass is 16.3. The Labute approximate surface area is 56.4 Å². The smallest absolute Gasteiger partial charge is 0.0801 e. The largest absolute Gasteiger partial charge is 0.388 e. The molecule has 0 amide bonds. The van der Waals surface area contributed by atoms with Gasteiger partial charge in [-0.05, 0) is 20.3 Å². The minimum atomic E-state index is -0.790. The molecule has 0 aliphatic carbocycles. The van der Waals surface area contributed by atoms with Gasteiger partial charge in [-0.15, -0.1) is 6.58 Å². The van der Waals surface area contributed by atoms with Crippen molar-refractivity contribution in [3.63, 3.8) is 0 Å². The molecular formula is C7H15NO. The van der Waals surface area contributed by atoms with Gasteiger partial charge in [0.15, 0.2) is 0 Å². The minimum absolute atomic E-state index is 0.199. The molecule has 0 aliphatic heterocycles. The molecule has 2 heteroatoms. The summed E-state index contributed by atoms with van der Waals surface area (Å²) in [5.74, 6) is 0. The van der Waals surface area contributed by atoms with Crippen LogP contribution in [0.2, 0.25) is 0 Å². The predicted octanol–water partition coefficient (Wildman–Crippen LogP) is 0.661. The molecule has 0 saturated heterocycles. The lowest BCUT2D eigenvalue weighted by Gasteiger charge is -2.25. The predicted molar refractivity (Wildman–Crippen MR) is 39.1 cm³/mol. The first-order chi connectivity index (χ1) is 4.00. The second kappa shape index (κ2) is 2.99. The summed E-state index contributed by atoms with van der Waals surface area (Å²) in [4.78, 5) is 0. The lowest BCUT2D eigenvalue weighted by molar-refractivity contribution is 0.0416. The zero-order valence-corrected chi connectivity index (χ0v) is 6.09. The van der Waals surface area contributed by atoms with E-state index in [-0.39, 0.29) is 6.04 Å². The summed E-state index contributed by atoms with van der Waals surface area (Å²) in [6.07, 6.45) is 2.22. The monoisotopic (exact) mass is 129 g/mol. The van der Waals surface area contributed by atoms with Crippen LogP contribution in [0, 0.1) is 0 Å². The highest BCUT2D eigenvalue weighted by Crippen LogP contribution is 2.12. The normalized spacial score (nSPS) is 20.4. The van der Waals surface area contributed by atoms with E-state index in [2.05, 4.69) is 6.58 Å². The van der Waals surface area contributed by atoms with Crippen molar-refractivity contribution in [3.8, 4) is 0 Å². The third-order valence-electron chi connectivity index (χ3n) is 1.54. The summed E-state index contributed by atoms with van der Waals surface area (Å²) in [6, 6.07) is -0.199. The Kier molecular flexibility index (Phi) is 2.88. The quantitative estimate of drug-likeness (QED) is 0.550. The number of hydrogen-bond acceptors (Lipinski definition) is 2. The molecule has 3 N–H and O–H groups in total. The Morgan fingerprint density at radius 3 is 2.44 bits per heavy atom. The van der Waals surface area contributed by atoms with Gasteiger partial charge >= 0.3 is 0 Å². The number of aliphatic hydroxyl groups is 1. The summed E-state index contributed by atoms with van der Waals surface area (Å²) in [5.41, 5.74) is 4.67. The maximum Gasteiger partial charge on any atom is 0.0801 e. The lowest BCUT2D eigenvalue weighted by Crippen LogP contribution is -2.42. The molecule has 0 aromatic rings. The van der Waals surface area contributed by atoms with Gasteiger partial charge in [-0.2, -0.15) is 0 Å². The third kappa shape index (κ3) is 2.63. The molecule has 0 fully saturated rings. The van der Waals surface area contributed by atoms with Crippen molar-refractivity contribution in [3.05, 3.63) is 12.7 Å². The third-order valence-corrected chi connectivity index (χ3v) is 1.54. The van der Waals surface area contributed by atoms with E-state index < -0.39 is 5.60 Å². The van der Waals surface area contributed by atoms with Gasteiger partial charge in [0.25, 0.3) is 0 Å². The second-order valence-electron chi connectivity index (χ2n) is 2.64. The first-order valence-electron chi connectivity index (χ1n) is 3.09. The van der Waals surface area contributed by atoms with Gasteiger partial charge < -0.3 is 10.8 Å². The van der Waals surface area contributed by atoms with Gasteiger partial charge in [-0.1, -0.05) is 6.08 Å². The van der Waals surface area contributed by atoms with Gasteiger partial charge in [-0.3, -0.25) is 0 Å². The SMILES string of the molecule is C=CC[C@](C)(O)[C@H](C)N. The molecule has 0 saturated carbocycles. The molecule has 0 unspecified atom stereocenters. The van der Waals surface area contributed by atoms with Gasteiger partial charge in [0.1, 0.15) is 0 Å². The maximum absolute atomic E-state index is 9.40. The Morgan fingerprint density at radius 2 is 2.33 bits per heavy atom. The van der Waals surface area contributed by atoms with Crippen molar-refractivity contribution in [1.82, 2.24) is 0 Å². The molecule has 54 valence electrons. The van der Waals surface area contributed by atoms with Crippen molar-refractivity contribution < 1.29 is 5.11 Å². The van der Waals surface area contributed by atoms with Crippen LogP contribution in [0.1, 0.15) is 20.3 Å². The molecule has 0 heterocycles. The van der Waals surface area contributed by atoms with Crippen molar-refractivity contribution in [2.75, 3.05) is 0 Å². The van der Waals surface area contributed by atoms with Crippen molar-refractivity contribution in [2.24, 2.45) is 5.73 Å². The van der Waals surface area contributed by atoms with E-state index in [0.29, 0.717) is 6.42 Å². The summed E-state index contributed by atoms with van der Waals surface area (Å²) in [7, 11) is 0. The standard InChI is InChI=1S/C7H15NO/c1-4-5-7(3,9)6(2)8/h4,6,9H,1,5,8H2,2-3H3/t6-,7-/m0/s1. The molecular weight excluding hydrogens is 114 g/mol. The maximum atomic E-state index is 9.40. The fourth-order valence-electron chi connectivity index (χ4n) is 0.478. The minimum Gasteiger partial charge on any atom is -0.388 e. The highest BCUT2D eigenvalue weighted by Gasteiger charge is 2.22. The molecule has 0 aromatic heterocycles. The van der Waals surface area contributed by atoms with Crippen LogP contribution in [-0.2, 0) is 0 Å². The molecule has 9 heavy (non-hydrogen) atoms. The molecule has 0 aromatic carbocycles. The zero-order valence-electron chi connectivity index (χ0n) is 6.09. The van der Waals surface area contributed by atoms with E-state index in [1.54, 1.807) is 19.9 Å². The van der Waals surface area contributed by atoms with Gasteiger partial charge in [0.05, 0.1) is 5.60 Å². The average Bonchev–Trinajstić information content (AvgIpc) is 1.65. The van der Waals surface area contributed by atoms with Crippen molar-refractivity contribution in [1.29, 1.82) is 0 Å². The van der Waals surface area contributed by atoms with Crippen LogP contribution < -0.4 is 5.73 Å². The second-order valence-corrected chi connectivity index (χ2v) is 2.64. The van der Waals surface area contributed by atoms with Crippen molar-refractivity contribution in [2.45, 2.75) is 31.9 Å². The molecule has 0 radical (unpaired) electrons. The Balaban J connectivity index is 3.84. The van der Waals surface area contributed by atoms with Crippen molar-refractivity contribution >= 4 is 0 Å². The van der Waals surface area contributed by atoms with Crippen LogP contribution in [0.15, 0.2) is 12.7 Å². The van der Waals surface area contributed by atoms with Crippen LogP contribution in [0.3, 0.4) is 0 Å². The van der Waals surface area contributed by atoms with E-state index in [9.17, 15) is 5.11 Å².